The molecule has 1 heterocycles. The molecule has 0 radical (unpaired) electrons. The predicted molar refractivity (Wildman–Crippen MR) is 91.4 cm³/mol. The molecule has 3 nitrogen and oxygen atoms in total. The Morgan fingerprint density at radius 3 is 2.61 bits per heavy atom. The second-order valence-electron chi connectivity index (χ2n) is 8.19. The molecule has 4 rings (SSSR count). The molecule has 3 atom stereocenters. The third-order valence-corrected chi connectivity index (χ3v) is 7.15. The van der Waals surface area contributed by atoms with Gasteiger partial charge in [-0.3, -0.25) is 4.79 Å². The summed E-state index contributed by atoms with van der Waals surface area (Å²) < 4.78 is 5.82. The SMILES string of the molecule is Cc1c(C(=O)NC2CC3CCC2(C)C3(C)C)oc2ccccc12. The van der Waals surface area contributed by atoms with Gasteiger partial charge in [-0.1, -0.05) is 39.0 Å². The standard InChI is InChI=1S/C20H25NO2/c1-12-14-7-5-6-8-15(14)23-17(12)18(22)21-16-11-13-9-10-20(16,4)19(13,2)3/h5-8,13,16H,9-11H2,1-4H3,(H,21,22). The van der Waals surface area contributed by atoms with Crippen LogP contribution in [0.5, 0.6) is 0 Å². The van der Waals surface area contributed by atoms with E-state index < -0.39 is 0 Å². The summed E-state index contributed by atoms with van der Waals surface area (Å²) in [4.78, 5) is 12.8. The van der Waals surface area contributed by atoms with Crippen molar-refractivity contribution >= 4 is 16.9 Å². The van der Waals surface area contributed by atoms with Crippen LogP contribution in [-0.4, -0.2) is 11.9 Å². The van der Waals surface area contributed by atoms with E-state index in [0.29, 0.717) is 11.2 Å². The molecule has 0 saturated heterocycles. The second-order valence-corrected chi connectivity index (χ2v) is 8.19. The lowest BCUT2D eigenvalue weighted by molar-refractivity contribution is 0.0802. The highest BCUT2D eigenvalue weighted by molar-refractivity contribution is 5.99. The number of hydrogen-bond acceptors (Lipinski definition) is 2. The van der Waals surface area contributed by atoms with E-state index in [1.165, 1.54) is 12.8 Å². The van der Waals surface area contributed by atoms with Crippen LogP contribution in [0.2, 0.25) is 0 Å². The van der Waals surface area contributed by atoms with Gasteiger partial charge in [-0.05, 0) is 49.0 Å². The smallest absolute Gasteiger partial charge is 0.287 e. The Bertz CT molecular complexity index is 788. The van der Waals surface area contributed by atoms with Crippen LogP contribution >= 0.6 is 0 Å². The highest BCUT2D eigenvalue weighted by atomic mass is 16.3. The van der Waals surface area contributed by atoms with Crippen molar-refractivity contribution in [3.05, 3.63) is 35.6 Å². The largest absolute Gasteiger partial charge is 0.451 e. The number of para-hydroxylation sites is 1. The highest BCUT2D eigenvalue weighted by Gasteiger charge is 2.61. The molecule has 23 heavy (non-hydrogen) atoms. The average Bonchev–Trinajstić information content (AvgIpc) is 3.03. The van der Waals surface area contributed by atoms with Crippen molar-refractivity contribution in [3.8, 4) is 0 Å². The summed E-state index contributed by atoms with van der Waals surface area (Å²) >= 11 is 0. The van der Waals surface area contributed by atoms with Gasteiger partial charge in [0.25, 0.3) is 5.91 Å². The molecule has 0 aliphatic heterocycles. The minimum absolute atomic E-state index is 0.0618. The summed E-state index contributed by atoms with van der Waals surface area (Å²) in [6.07, 6.45) is 3.59. The summed E-state index contributed by atoms with van der Waals surface area (Å²) in [6.45, 7) is 9.04. The fourth-order valence-corrected chi connectivity index (χ4v) is 5.04. The number of rotatable bonds is 2. The number of carbonyl (C=O) groups is 1. The molecule has 2 bridgehead atoms. The number of aryl methyl sites for hydroxylation is 1. The molecule has 0 spiro atoms. The van der Waals surface area contributed by atoms with E-state index in [1.807, 2.05) is 31.2 Å². The number of nitrogens with one attached hydrogen (secondary N) is 1. The van der Waals surface area contributed by atoms with Crippen molar-refractivity contribution in [1.82, 2.24) is 5.32 Å². The number of carbonyl (C=O) groups excluding carboxylic acids is 1. The second kappa shape index (κ2) is 4.62. The van der Waals surface area contributed by atoms with Crippen LogP contribution in [0.15, 0.2) is 28.7 Å². The molecule has 1 N–H and O–H groups in total. The summed E-state index contributed by atoms with van der Waals surface area (Å²) in [5.41, 5.74) is 2.21. The van der Waals surface area contributed by atoms with E-state index >= 15 is 0 Å². The van der Waals surface area contributed by atoms with Gasteiger partial charge in [-0.2, -0.15) is 0 Å². The van der Waals surface area contributed by atoms with Gasteiger partial charge < -0.3 is 9.73 Å². The zero-order chi connectivity index (χ0) is 16.4. The zero-order valence-electron chi connectivity index (χ0n) is 14.4. The van der Waals surface area contributed by atoms with E-state index in [0.717, 1.165) is 28.9 Å². The van der Waals surface area contributed by atoms with E-state index in [-0.39, 0.29) is 17.4 Å². The Hall–Kier alpha value is -1.77. The van der Waals surface area contributed by atoms with Crippen molar-refractivity contribution in [2.75, 3.05) is 0 Å². The molecule has 3 heteroatoms. The van der Waals surface area contributed by atoms with Gasteiger partial charge >= 0.3 is 0 Å². The van der Waals surface area contributed by atoms with Crippen molar-refractivity contribution in [1.29, 1.82) is 0 Å². The van der Waals surface area contributed by atoms with E-state index in [4.69, 9.17) is 4.42 Å². The van der Waals surface area contributed by atoms with Crippen LogP contribution in [0.4, 0.5) is 0 Å². The summed E-state index contributed by atoms with van der Waals surface area (Å²) in [5.74, 6) is 1.12. The molecule has 2 aromatic rings. The maximum Gasteiger partial charge on any atom is 0.287 e. The van der Waals surface area contributed by atoms with Crippen molar-refractivity contribution in [2.45, 2.75) is 53.0 Å². The minimum atomic E-state index is -0.0618. The first-order chi connectivity index (χ1) is 10.8. The molecule has 1 amide bonds. The molecule has 1 aromatic heterocycles. The van der Waals surface area contributed by atoms with Crippen LogP contribution in [0, 0.1) is 23.7 Å². The molecule has 2 saturated carbocycles. The molecule has 2 fully saturated rings. The molecular weight excluding hydrogens is 286 g/mol. The molecule has 2 aliphatic carbocycles. The molecule has 2 aliphatic rings. The Morgan fingerprint density at radius 2 is 2.00 bits per heavy atom. The zero-order valence-corrected chi connectivity index (χ0v) is 14.4. The number of hydrogen-bond donors (Lipinski definition) is 1. The highest BCUT2D eigenvalue weighted by Crippen LogP contribution is 2.65. The lowest BCUT2D eigenvalue weighted by atomic mass is 9.69. The van der Waals surface area contributed by atoms with Gasteiger partial charge in [0.05, 0.1) is 0 Å². The van der Waals surface area contributed by atoms with Crippen LogP contribution in [0.25, 0.3) is 11.0 Å². The van der Waals surface area contributed by atoms with Crippen molar-refractivity contribution in [2.24, 2.45) is 16.7 Å². The van der Waals surface area contributed by atoms with Gasteiger partial charge in [-0.15, -0.1) is 0 Å². The summed E-state index contributed by atoms with van der Waals surface area (Å²) in [7, 11) is 0. The molecule has 122 valence electrons. The number of amides is 1. The van der Waals surface area contributed by atoms with E-state index in [2.05, 4.69) is 26.1 Å². The number of fused-ring (bicyclic) bond motifs is 3. The van der Waals surface area contributed by atoms with Gasteiger partial charge in [0, 0.05) is 17.0 Å². The lowest BCUT2D eigenvalue weighted by Gasteiger charge is -2.39. The normalized spacial score (nSPS) is 31.7. The quantitative estimate of drug-likeness (QED) is 0.874. The maximum atomic E-state index is 12.8. The molecule has 1 aromatic carbocycles. The monoisotopic (exact) mass is 311 g/mol. The fourth-order valence-electron chi connectivity index (χ4n) is 5.04. The van der Waals surface area contributed by atoms with Crippen LogP contribution in [-0.2, 0) is 0 Å². The van der Waals surface area contributed by atoms with Crippen LogP contribution in [0.1, 0.15) is 56.2 Å². The Balaban J connectivity index is 1.62. The number of benzene rings is 1. The summed E-state index contributed by atoms with van der Waals surface area (Å²) in [6, 6.07) is 8.09. The van der Waals surface area contributed by atoms with Gasteiger partial charge in [0.15, 0.2) is 5.76 Å². The summed E-state index contributed by atoms with van der Waals surface area (Å²) in [5, 5.41) is 4.32. The fraction of sp³-hybridized carbons (Fsp3) is 0.550. The average molecular weight is 311 g/mol. The van der Waals surface area contributed by atoms with Crippen LogP contribution in [0.3, 0.4) is 0 Å². The predicted octanol–water partition coefficient (Wildman–Crippen LogP) is 4.69. The van der Waals surface area contributed by atoms with E-state index in [9.17, 15) is 4.79 Å². The minimum Gasteiger partial charge on any atom is -0.451 e. The van der Waals surface area contributed by atoms with Gasteiger partial charge in [0.1, 0.15) is 5.58 Å². The third-order valence-electron chi connectivity index (χ3n) is 7.15. The van der Waals surface area contributed by atoms with Gasteiger partial charge in [0.2, 0.25) is 0 Å². The lowest BCUT2D eigenvalue weighted by Crippen LogP contribution is -2.46. The van der Waals surface area contributed by atoms with Crippen molar-refractivity contribution in [3.63, 3.8) is 0 Å². The van der Waals surface area contributed by atoms with E-state index in [1.54, 1.807) is 0 Å². The third kappa shape index (κ3) is 1.85. The Labute approximate surface area is 137 Å². The number of furan rings is 1. The van der Waals surface area contributed by atoms with Crippen molar-refractivity contribution < 1.29 is 9.21 Å². The Kier molecular flexibility index (Phi) is 2.97. The Morgan fingerprint density at radius 1 is 1.26 bits per heavy atom. The topological polar surface area (TPSA) is 42.2 Å². The maximum absolute atomic E-state index is 12.8. The van der Waals surface area contributed by atoms with Gasteiger partial charge in [-0.25, -0.2) is 0 Å². The first-order valence-electron chi connectivity index (χ1n) is 8.63. The first kappa shape index (κ1) is 14.8. The first-order valence-corrected chi connectivity index (χ1v) is 8.63. The molecular formula is C20H25NO2. The molecule has 3 unspecified atom stereocenters. The van der Waals surface area contributed by atoms with Crippen LogP contribution < -0.4 is 5.32 Å².